The molecule has 248 valence electrons. The molecule has 0 atom stereocenters. The van der Waals surface area contributed by atoms with Gasteiger partial charge in [-0.05, 0) is 0 Å². The second kappa shape index (κ2) is 77.8. The summed E-state index contributed by atoms with van der Waals surface area (Å²) in [6.07, 6.45) is 30.0. The Balaban J connectivity index is -0.0000000222. The van der Waals surface area contributed by atoms with Gasteiger partial charge in [0, 0.05) is 0 Å². The topological polar surface area (TPSA) is 0 Å². The summed E-state index contributed by atoms with van der Waals surface area (Å²) in [5.74, 6) is 0. The van der Waals surface area contributed by atoms with E-state index in [1.54, 1.807) is 0 Å². The van der Waals surface area contributed by atoms with Gasteiger partial charge in [-0.1, -0.05) is 157 Å². The van der Waals surface area contributed by atoms with Crippen LogP contribution in [0.25, 0.3) is 0 Å². The van der Waals surface area contributed by atoms with E-state index in [2.05, 4.69) is 0 Å². The Hall–Kier alpha value is 1.48. The van der Waals surface area contributed by atoms with Crippen molar-refractivity contribution in [1.82, 2.24) is 0 Å². The summed E-state index contributed by atoms with van der Waals surface area (Å²) >= 11 is -2.77. The van der Waals surface area contributed by atoms with Crippen LogP contribution < -0.4 is 0 Å². The molecule has 0 radical (unpaired) electrons. The number of hydrogen-bond donors (Lipinski definition) is 0. The minimum atomic E-state index is -3.67. The van der Waals surface area contributed by atoms with Gasteiger partial charge in [0.15, 0.2) is 0 Å². The van der Waals surface area contributed by atoms with Gasteiger partial charge in [0.2, 0.25) is 0 Å². The quantitative estimate of drug-likeness (QED) is 0.131. The summed E-state index contributed by atoms with van der Waals surface area (Å²) in [6.45, 7) is 2.33. The number of rotatable bonds is 0. The van der Waals surface area contributed by atoms with Gasteiger partial charge >= 0.3 is 70.4 Å². The maximum absolute atomic E-state index is 11.0. The Bertz CT molecular complexity index is 201. The van der Waals surface area contributed by atoms with Crippen LogP contribution >= 0.6 is 0 Å². The second-order valence-corrected chi connectivity index (χ2v) is 8.75. The third-order valence-corrected chi connectivity index (χ3v) is 5.00. The van der Waals surface area contributed by atoms with Gasteiger partial charge in [-0.2, -0.15) is 0 Å². The standard InChI is InChI=1S/4C5H10.C2H6BF.2CH4.6CH3.BF3.2FH.2Zr/c4*1-2-4-5-3-1;1-3(2)4;;;;;;;;;2-1(3)4;;;;/h4*1-5H2;1-2H3;2*1H4;6*1H3;;2*1H;;/q;;;;;;;6*-1;;;;2*+4/p-2. The van der Waals surface area contributed by atoms with E-state index in [-0.39, 0.29) is 85.6 Å². The van der Waals surface area contributed by atoms with Crippen LogP contribution in [0.2, 0.25) is 13.6 Å². The van der Waals surface area contributed by atoms with Crippen molar-refractivity contribution in [2.75, 3.05) is 0 Å². The fraction of sp³-hybridized carbons (Fsp3) is 0.800. The second-order valence-electron chi connectivity index (χ2n) is 8.40. The zero-order chi connectivity index (χ0) is 24.0. The predicted octanol–water partition coefficient (Wildman–Crippen LogP) is 14.7. The molecular weight excluding hydrogens is 678 g/mol. The van der Waals surface area contributed by atoms with Gasteiger partial charge in [0.1, 0.15) is 0 Å². The average molecular weight is 751 g/mol. The fourth-order valence-corrected chi connectivity index (χ4v) is 3.54. The van der Waals surface area contributed by atoms with E-state index in [0.717, 1.165) is 0 Å². The van der Waals surface area contributed by atoms with E-state index in [4.69, 9.17) is 0 Å². The molecule has 0 aromatic rings. The smallest absolute Gasteiger partial charge is 4.00 e. The molecule has 0 heterocycles. The van der Waals surface area contributed by atoms with Crippen LogP contribution in [0, 0.1) is 44.6 Å². The SMILES string of the molecule is C.C.C1CCCC1.C1CCCC1.C1CCCC1.C1CCCC1.CB(C)F.FB(F)F.[CH3-].[CH3-].[CH3-].[CH3-].[CH3-].[CH3-].[F][Zr+2][F].[Zr+4]. The average Bonchev–Trinajstić information content (AvgIpc) is 3.57. The first-order valence-electron chi connectivity index (χ1n) is 12.4. The summed E-state index contributed by atoms with van der Waals surface area (Å²) in [4.78, 5) is 0. The van der Waals surface area contributed by atoms with Gasteiger partial charge in [-0.25, -0.2) is 0 Å². The first-order chi connectivity index (χ1) is 14.9. The molecule has 0 saturated heterocycles. The molecule has 4 fully saturated rings. The molecule has 0 aromatic carbocycles. The minimum absolute atomic E-state index is 0. The first kappa shape index (κ1) is 78.2. The van der Waals surface area contributed by atoms with E-state index in [1.165, 1.54) is 142 Å². The van der Waals surface area contributed by atoms with Crippen LogP contribution in [0.4, 0.5) is 22.5 Å². The summed E-state index contributed by atoms with van der Waals surface area (Å²) in [5, 5.41) is 0. The van der Waals surface area contributed by atoms with Crippen molar-refractivity contribution in [3.8, 4) is 0 Å². The minimum Gasteiger partial charge on any atom is 4.00 e. The Morgan fingerprint density at radius 3 is 0.425 bits per heavy atom. The van der Waals surface area contributed by atoms with Crippen LogP contribution in [-0.4, -0.2) is 14.5 Å². The summed E-state index contributed by atoms with van der Waals surface area (Å²) < 4.78 is 59.6. The molecule has 0 aliphatic heterocycles. The van der Waals surface area contributed by atoms with Gasteiger partial charge in [-0.3, -0.25) is 12.9 Å². The third kappa shape index (κ3) is 127. The molecule has 0 spiro atoms. The van der Waals surface area contributed by atoms with Crippen molar-refractivity contribution >= 4 is 14.5 Å². The Labute approximate surface area is 287 Å². The van der Waals surface area contributed by atoms with Crippen molar-refractivity contribution in [3.63, 3.8) is 0 Å². The molecule has 0 nitrogen and oxygen atoms in total. The van der Waals surface area contributed by atoms with Crippen LogP contribution in [0.5, 0.6) is 0 Å². The zero-order valence-electron chi connectivity index (χ0n) is 26.6. The first-order valence-corrected chi connectivity index (χ1v) is 14.3. The van der Waals surface area contributed by atoms with Crippen molar-refractivity contribution in [2.45, 2.75) is 157 Å². The number of halogens is 6. The van der Waals surface area contributed by atoms with E-state index in [0.29, 0.717) is 0 Å². The molecule has 4 rings (SSSR count). The van der Waals surface area contributed by atoms with Crippen LogP contribution in [-0.2, 0) is 50.7 Å². The maximum Gasteiger partial charge on any atom is 4.00 e. The molecule has 40 heavy (non-hydrogen) atoms. The van der Waals surface area contributed by atoms with Crippen LogP contribution in [0.3, 0.4) is 0 Å². The molecular formula is C30H72B2F6Zr2. The molecule has 4 saturated carbocycles. The number of hydrogen-bond acceptors (Lipinski definition) is 0. The van der Waals surface area contributed by atoms with Crippen LogP contribution in [0.15, 0.2) is 0 Å². The zero-order valence-corrected chi connectivity index (χ0v) is 31.5. The van der Waals surface area contributed by atoms with E-state index < -0.39 is 39.0 Å². The van der Waals surface area contributed by atoms with E-state index >= 15 is 0 Å². The molecule has 0 aromatic heterocycles. The van der Waals surface area contributed by atoms with E-state index in [1.807, 2.05) is 0 Å². The Morgan fingerprint density at radius 1 is 0.375 bits per heavy atom. The van der Waals surface area contributed by atoms with Crippen molar-refractivity contribution in [1.29, 1.82) is 0 Å². The molecule has 0 amide bonds. The van der Waals surface area contributed by atoms with E-state index in [9.17, 15) is 22.5 Å². The van der Waals surface area contributed by atoms with Crippen molar-refractivity contribution in [2.24, 2.45) is 0 Å². The molecule has 4 aliphatic carbocycles. The fourth-order valence-electron chi connectivity index (χ4n) is 3.54. The van der Waals surface area contributed by atoms with Gasteiger partial charge in [0.05, 0.1) is 0 Å². The molecule has 0 unspecified atom stereocenters. The molecule has 0 N–H and O–H groups in total. The van der Waals surface area contributed by atoms with Crippen molar-refractivity contribution < 1.29 is 73.2 Å². The van der Waals surface area contributed by atoms with Gasteiger partial charge in [-0.15, -0.1) is 0 Å². The summed E-state index contributed by atoms with van der Waals surface area (Å²) in [5.41, 5.74) is 0. The third-order valence-electron chi connectivity index (χ3n) is 5.00. The normalized spacial score (nSPS) is 13.6. The van der Waals surface area contributed by atoms with Crippen LogP contribution in [0.1, 0.15) is 143 Å². The molecule has 4 aliphatic rings. The summed E-state index contributed by atoms with van der Waals surface area (Å²) in [6, 6.07) is 0. The Morgan fingerprint density at radius 2 is 0.400 bits per heavy atom. The summed E-state index contributed by atoms with van der Waals surface area (Å²) in [7, 11) is -3.67. The Kier molecular flexibility index (Phi) is 152. The monoisotopic (exact) mass is 748 g/mol. The maximum atomic E-state index is 11.0. The predicted molar refractivity (Wildman–Crippen MR) is 174 cm³/mol. The largest absolute Gasteiger partial charge is 4.00 e. The molecule has 0 bridgehead atoms. The van der Waals surface area contributed by atoms with Gasteiger partial charge < -0.3 is 48.9 Å². The van der Waals surface area contributed by atoms with Crippen molar-refractivity contribution in [3.05, 3.63) is 44.6 Å². The van der Waals surface area contributed by atoms with Gasteiger partial charge in [0.25, 0.3) is 0 Å². The molecule has 10 heteroatoms.